The Morgan fingerprint density at radius 3 is 2.83 bits per heavy atom. The SMILES string of the molecule is CN=c1ncn(Cc2ccccc2)c2nc[nH]c12. The number of benzene rings is 1. The molecular formula is C13H13N5. The van der Waals surface area contributed by atoms with E-state index in [9.17, 15) is 0 Å². The number of nitrogens with zero attached hydrogens (tertiary/aromatic N) is 4. The van der Waals surface area contributed by atoms with Crippen molar-refractivity contribution < 1.29 is 0 Å². The van der Waals surface area contributed by atoms with E-state index < -0.39 is 0 Å². The van der Waals surface area contributed by atoms with E-state index >= 15 is 0 Å². The molecule has 0 fully saturated rings. The summed E-state index contributed by atoms with van der Waals surface area (Å²) in [5.41, 5.74) is 3.65. The van der Waals surface area contributed by atoms with Gasteiger partial charge < -0.3 is 9.55 Å². The first-order chi connectivity index (χ1) is 8.88. The molecule has 0 aliphatic heterocycles. The molecule has 0 aliphatic carbocycles. The Labute approximate surface area is 104 Å². The van der Waals surface area contributed by atoms with E-state index in [4.69, 9.17) is 0 Å². The summed E-state index contributed by atoms with van der Waals surface area (Å²) in [6.45, 7) is 0.749. The summed E-state index contributed by atoms with van der Waals surface area (Å²) >= 11 is 0. The molecule has 5 heteroatoms. The summed E-state index contributed by atoms with van der Waals surface area (Å²) in [7, 11) is 1.73. The Morgan fingerprint density at radius 2 is 2.06 bits per heavy atom. The second-order valence-electron chi connectivity index (χ2n) is 4.01. The van der Waals surface area contributed by atoms with Crippen LogP contribution in [0.4, 0.5) is 0 Å². The van der Waals surface area contributed by atoms with E-state index in [-0.39, 0.29) is 0 Å². The lowest BCUT2D eigenvalue weighted by Gasteiger charge is -2.06. The molecule has 2 aromatic heterocycles. The molecule has 0 unspecified atom stereocenters. The van der Waals surface area contributed by atoms with E-state index in [2.05, 4.69) is 32.1 Å². The van der Waals surface area contributed by atoms with Gasteiger partial charge in [0.15, 0.2) is 11.1 Å². The van der Waals surface area contributed by atoms with Crippen molar-refractivity contribution in [3.05, 3.63) is 54.0 Å². The van der Waals surface area contributed by atoms with E-state index in [1.807, 2.05) is 22.8 Å². The zero-order valence-corrected chi connectivity index (χ0v) is 10.0. The summed E-state index contributed by atoms with van der Waals surface area (Å²) in [5.74, 6) is 0. The maximum Gasteiger partial charge on any atom is 0.176 e. The van der Waals surface area contributed by atoms with Crippen molar-refractivity contribution in [3.8, 4) is 0 Å². The molecule has 0 bridgehead atoms. The molecule has 90 valence electrons. The second kappa shape index (κ2) is 4.44. The highest BCUT2D eigenvalue weighted by atomic mass is 15.1. The first-order valence-electron chi connectivity index (χ1n) is 5.74. The molecule has 0 radical (unpaired) electrons. The van der Waals surface area contributed by atoms with Gasteiger partial charge in [0.2, 0.25) is 0 Å². The summed E-state index contributed by atoms with van der Waals surface area (Å²) in [5, 5.41) is 0. The van der Waals surface area contributed by atoms with Gasteiger partial charge in [-0.2, -0.15) is 0 Å². The zero-order chi connectivity index (χ0) is 12.4. The smallest absolute Gasteiger partial charge is 0.176 e. The molecule has 18 heavy (non-hydrogen) atoms. The number of aromatic amines is 1. The van der Waals surface area contributed by atoms with E-state index in [1.165, 1.54) is 5.56 Å². The number of aromatic nitrogens is 4. The molecule has 0 atom stereocenters. The third-order valence-corrected chi connectivity index (χ3v) is 2.84. The van der Waals surface area contributed by atoms with Crippen molar-refractivity contribution in [3.63, 3.8) is 0 Å². The molecule has 3 aromatic rings. The monoisotopic (exact) mass is 239 g/mol. The molecule has 3 rings (SSSR count). The first kappa shape index (κ1) is 10.7. The fourth-order valence-electron chi connectivity index (χ4n) is 1.98. The number of rotatable bonds is 2. The average Bonchev–Trinajstić information content (AvgIpc) is 2.90. The van der Waals surface area contributed by atoms with E-state index in [0.717, 1.165) is 17.7 Å². The molecule has 0 spiro atoms. The minimum absolute atomic E-state index is 0.687. The number of nitrogens with one attached hydrogen (secondary N) is 1. The Morgan fingerprint density at radius 1 is 1.22 bits per heavy atom. The Bertz CT molecular complexity index is 724. The lowest BCUT2D eigenvalue weighted by molar-refractivity contribution is 0.785. The van der Waals surface area contributed by atoms with Crippen molar-refractivity contribution in [2.75, 3.05) is 7.05 Å². The molecule has 0 amide bonds. The Balaban J connectivity index is 2.11. The van der Waals surface area contributed by atoms with E-state index in [0.29, 0.717) is 5.49 Å². The molecular weight excluding hydrogens is 226 g/mol. The summed E-state index contributed by atoms with van der Waals surface area (Å²) < 4.78 is 2.01. The van der Waals surface area contributed by atoms with Crippen LogP contribution in [-0.2, 0) is 6.54 Å². The van der Waals surface area contributed by atoms with Crippen LogP contribution in [-0.4, -0.2) is 26.6 Å². The lowest BCUT2D eigenvalue weighted by Crippen LogP contribution is -2.14. The third-order valence-electron chi connectivity index (χ3n) is 2.84. The maximum absolute atomic E-state index is 4.33. The molecule has 1 N–H and O–H groups in total. The fraction of sp³-hybridized carbons (Fsp3) is 0.154. The standard InChI is InChI=1S/C13H13N5/c1-14-12-11-13(16-8-15-11)18(9-17-12)7-10-5-3-2-4-6-10/h2-6,8-9H,7H2,1H3,(H,15,16). The molecule has 1 aromatic carbocycles. The number of H-pyrrole nitrogens is 1. The first-order valence-corrected chi connectivity index (χ1v) is 5.74. The van der Waals surface area contributed by atoms with Crippen LogP contribution in [0.15, 0.2) is 48.0 Å². The molecule has 0 saturated heterocycles. The van der Waals surface area contributed by atoms with Crippen molar-refractivity contribution in [1.82, 2.24) is 19.5 Å². The topological polar surface area (TPSA) is 58.9 Å². The maximum atomic E-state index is 4.33. The second-order valence-corrected chi connectivity index (χ2v) is 4.01. The van der Waals surface area contributed by atoms with Crippen molar-refractivity contribution in [1.29, 1.82) is 0 Å². The number of hydrogen-bond donors (Lipinski definition) is 1. The van der Waals surface area contributed by atoms with Gasteiger partial charge in [0.1, 0.15) is 5.52 Å². The van der Waals surface area contributed by atoms with Crippen LogP contribution in [0.5, 0.6) is 0 Å². The number of hydrogen-bond acceptors (Lipinski definition) is 3. The third kappa shape index (κ3) is 1.79. The lowest BCUT2D eigenvalue weighted by atomic mass is 10.2. The van der Waals surface area contributed by atoms with Gasteiger partial charge in [0, 0.05) is 7.05 Å². The summed E-state index contributed by atoms with van der Waals surface area (Å²) in [6, 6.07) is 10.2. The van der Waals surface area contributed by atoms with Gasteiger partial charge in [0.05, 0.1) is 19.2 Å². The van der Waals surface area contributed by atoms with Gasteiger partial charge in [0.25, 0.3) is 0 Å². The Kier molecular flexibility index (Phi) is 2.64. The van der Waals surface area contributed by atoms with Gasteiger partial charge in [-0.1, -0.05) is 30.3 Å². The number of imidazole rings is 1. The van der Waals surface area contributed by atoms with Crippen LogP contribution in [0.1, 0.15) is 5.56 Å². The van der Waals surface area contributed by atoms with Crippen LogP contribution in [0, 0.1) is 0 Å². The zero-order valence-electron chi connectivity index (χ0n) is 10.0. The van der Waals surface area contributed by atoms with Gasteiger partial charge in [-0.05, 0) is 5.56 Å². The predicted molar refractivity (Wildman–Crippen MR) is 68.9 cm³/mol. The fourth-order valence-corrected chi connectivity index (χ4v) is 1.98. The Hall–Kier alpha value is -2.43. The normalized spacial score (nSPS) is 12.2. The highest BCUT2D eigenvalue weighted by Gasteiger charge is 2.04. The van der Waals surface area contributed by atoms with Crippen LogP contribution in [0.2, 0.25) is 0 Å². The summed E-state index contributed by atoms with van der Waals surface area (Å²) in [4.78, 5) is 15.9. The molecule has 5 nitrogen and oxygen atoms in total. The van der Waals surface area contributed by atoms with Gasteiger partial charge in [-0.3, -0.25) is 4.99 Å². The highest BCUT2D eigenvalue weighted by Crippen LogP contribution is 2.07. The average molecular weight is 239 g/mol. The molecule has 2 heterocycles. The predicted octanol–water partition coefficient (Wildman–Crippen LogP) is 1.34. The van der Waals surface area contributed by atoms with Gasteiger partial charge in [-0.25, -0.2) is 9.97 Å². The van der Waals surface area contributed by atoms with E-state index in [1.54, 1.807) is 19.7 Å². The highest BCUT2D eigenvalue weighted by molar-refractivity contribution is 5.68. The summed E-state index contributed by atoms with van der Waals surface area (Å²) in [6.07, 6.45) is 3.45. The minimum Gasteiger partial charge on any atom is -0.340 e. The molecule has 0 saturated carbocycles. The van der Waals surface area contributed by atoms with Crippen molar-refractivity contribution in [2.24, 2.45) is 4.99 Å². The van der Waals surface area contributed by atoms with Crippen LogP contribution in [0.3, 0.4) is 0 Å². The molecule has 0 aliphatic rings. The minimum atomic E-state index is 0.687. The van der Waals surface area contributed by atoms with Crippen molar-refractivity contribution >= 4 is 11.2 Å². The number of fused-ring (bicyclic) bond motifs is 1. The van der Waals surface area contributed by atoms with Gasteiger partial charge >= 0.3 is 0 Å². The van der Waals surface area contributed by atoms with Crippen LogP contribution in [0.25, 0.3) is 11.2 Å². The quantitative estimate of drug-likeness (QED) is 0.733. The van der Waals surface area contributed by atoms with Crippen LogP contribution < -0.4 is 5.49 Å². The van der Waals surface area contributed by atoms with Crippen LogP contribution >= 0.6 is 0 Å². The largest absolute Gasteiger partial charge is 0.340 e. The van der Waals surface area contributed by atoms with Gasteiger partial charge in [-0.15, -0.1) is 0 Å². The van der Waals surface area contributed by atoms with Crippen molar-refractivity contribution in [2.45, 2.75) is 6.54 Å².